The number of amides is 1. The molecule has 4 rings (SSSR count). The van der Waals surface area contributed by atoms with Gasteiger partial charge in [0.2, 0.25) is 0 Å². The van der Waals surface area contributed by atoms with E-state index in [9.17, 15) is 14.7 Å². The van der Waals surface area contributed by atoms with E-state index in [0.29, 0.717) is 27.6 Å². The molecule has 8 heteroatoms. The number of aromatic nitrogens is 1. The van der Waals surface area contributed by atoms with Gasteiger partial charge in [-0.1, -0.05) is 29.3 Å². The standard InChI is InChI=1S/C24H18Cl2N2O4/c1-13-10-15(25)5-8-19(13)28-21(14-4-3-9-27-12-14)20(23(30)24(28)31)22(29)17-11-16(32-2)6-7-18(17)26/h3-12,21,29H,1-2H3/b22-20+. The monoisotopic (exact) mass is 468 g/mol. The van der Waals surface area contributed by atoms with E-state index in [4.69, 9.17) is 27.9 Å². The number of hydrogen-bond acceptors (Lipinski definition) is 5. The maximum Gasteiger partial charge on any atom is 0.300 e. The maximum atomic E-state index is 13.2. The molecule has 1 fully saturated rings. The first-order valence-corrected chi connectivity index (χ1v) is 10.4. The van der Waals surface area contributed by atoms with Crippen molar-refractivity contribution < 1.29 is 19.4 Å². The third-order valence-corrected chi connectivity index (χ3v) is 5.86. The highest BCUT2D eigenvalue weighted by molar-refractivity contribution is 6.52. The van der Waals surface area contributed by atoms with Crippen LogP contribution in [0.3, 0.4) is 0 Å². The van der Waals surface area contributed by atoms with Crippen LogP contribution in [0.15, 0.2) is 66.5 Å². The number of hydrogen-bond donors (Lipinski definition) is 1. The Labute approximate surface area is 194 Å². The Hall–Kier alpha value is -3.35. The molecule has 0 bridgehead atoms. The van der Waals surface area contributed by atoms with Crippen LogP contribution in [0.1, 0.15) is 22.7 Å². The molecule has 1 saturated heterocycles. The Kier molecular flexibility index (Phi) is 5.91. The van der Waals surface area contributed by atoms with Gasteiger partial charge in [0.05, 0.1) is 23.7 Å². The van der Waals surface area contributed by atoms with Crippen molar-refractivity contribution in [2.75, 3.05) is 12.0 Å². The fourth-order valence-electron chi connectivity index (χ4n) is 3.78. The highest BCUT2D eigenvalue weighted by Gasteiger charge is 2.47. The lowest BCUT2D eigenvalue weighted by Crippen LogP contribution is -2.30. The molecule has 1 atom stereocenters. The molecule has 1 N–H and O–H groups in total. The van der Waals surface area contributed by atoms with E-state index >= 15 is 0 Å². The topological polar surface area (TPSA) is 79.7 Å². The van der Waals surface area contributed by atoms with E-state index < -0.39 is 23.5 Å². The average Bonchev–Trinajstić information content (AvgIpc) is 3.05. The van der Waals surface area contributed by atoms with Crippen molar-refractivity contribution in [3.8, 4) is 5.75 Å². The number of nitrogens with zero attached hydrogens (tertiary/aromatic N) is 2. The summed E-state index contributed by atoms with van der Waals surface area (Å²) < 4.78 is 5.22. The van der Waals surface area contributed by atoms with Gasteiger partial charge >= 0.3 is 0 Å². The molecule has 1 aromatic heterocycles. The minimum Gasteiger partial charge on any atom is -0.507 e. The summed E-state index contributed by atoms with van der Waals surface area (Å²) in [5.74, 6) is -1.55. The second-order valence-electron chi connectivity index (χ2n) is 7.23. The van der Waals surface area contributed by atoms with Gasteiger partial charge in [0, 0.05) is 28.7 Å². The summed E-state index contributed by atoms with van der Waals surface area (Å²) in [6.45, 7) is 1.79. The van der Waals surface area contributed by atoms with Crippen molar-refractivity contribution in [2.24, 2.45) is 0 Å². The largest absolute Gasteiger partial charge is 0.507 e. The molecule has 0 radical (unpaired) electrons. The summed E-state index contributed by atoms with van der Waals surface area (Å²) >= 11 is 12.4. The molecule has 3 aromatic rings. The first-order valence-electron chi connectivity index (χ1n) is 9.64. The van der Waals surface area contributed by atoms with Crippen molar-refractivity contribution >= 4 is 46.3 Å². The van der Waals surface area contributed by atoms with Gasteiger partial charge in [0.1, 0.15) is 11.5 Å². The molecule has 1 aliphatic rings. The third-order valence-electron chi connectivity index (χ3n) is 5.29. The van der Waals surface area contributed by atoms with Crippen LogP contribution in [0.4, 0.5) is 5.69 Å². The normalized spacial score (nSPS) is 17.6. The van der Waals surface area contributed by atoms with Crippen LogP contribution in [0.25, 0.3) is 5.76 Å². The van der Waals surface area contributed by atoms with Crippen LogP contribution >= 0.6 is 23.2 Å². The molecule has 0 aliphatic carbocycles. The molecule has 1 aliphatic heterocycles. The summed E-state index contributed by atoms with van der Waals surface area (Å²) in [5, 5.41) is 11.9. The number of anilines is 1. The van der Waals surface area contributed by atoms with Gasteiger partial charge < -0.3 is 9.84 Å². The lowest BCUT2D eigenvalue weighted by molar-refractivity contribution is -0.132. The number of aryl methyl sites for hydroxylation is 1. The number of Topliss-reactive ketones (excluding diaryl/α,β-unsaturated/α-hetero) is 1. The lowest BCUT2D eigenvalue weighted by Gasteiger charge is -2.26. The lowest BCUT2D eigenvalue weighted by atomic mass is 9.96. The first-order chi connectivity index (χ1) is 15.3. The van der Waals surface area contributed by atoms with Crippen LogP contribution in [0, 0.1) is 6.92 Å². The molecule has 2 heterocycles. The van der Waals surface area contributed by atoms with E-state index in [1.807, 2.05) is 0 Å². The fraction of sp³-hybridized carbons (Fsp3) is 0.125. The number of rotatable bonds is 4. The van der Waals surface area contributed by atoms with Gasteiger partial charge in [-0.3, -0.25) is 19.5 Å². The number of aliphatic hydroxyl groups is 1. The predicted octanol–water partition coefficient (Wildman–Crippen LogP) is 5.33. The van der Waals surface area contributed by atoms with Crippen molar-refractivity contribution in [3.63, 3.8) is 0 Å². The van der Waals surface area contributed by atoms with Crippen molar-refractivity contribution in [2.45, 2.75) is 13.0 Å². The summed E-state index contributed by atoms with van der Waals surface area (Å²) in [6, 6.07) is 12.2. The van der Waals surface area contributed by atoms with E-state index in [1.54, 1.807) is 61.8 Å². The van der Waals surface area contributed by atoms with Gasteiger partial charge in [0.25, 0.3) is 11.7 Å². The van der Waals surface area contributed by atoms with Crippen LogP contribution in [-0.4, -0.2) is 28.9 Å². The number of halogens is 2. The smallest absolute Gasteiger partial charge is 0.300 e. The highest BCUT2D eigenvalue weighted by atomic mass is 35.5. The van der Waals surface area contributed by atoms with Gasteiger partial charge in [-0.05, 0) is 60.5 Å². The van der Waals surface area contributed by atoms with Crippen LogP contribution in [0.2, 0.25) is 10.0 Å². The molecule has 6 nitrogen and oxygen atoms in total. The Morgan fingerprint density at radius 3 is 2.56 bits per heavy atom. The van der Waals surface area contributed by atoms with Gasteiger partial charge in [-0.15, -0.1) is 0 Å². The Balaban J connectivity index is 1.99. The zero-order valence-corrected chi connectivity index (χ0v) is 18.7. The fourth-order valence-corrected chi connectivity index (χ4v) is 4.21. The van der Waals surface area contributed by atoms with E-state index in [1.165, 1.54) is 18.1 Å². The molecule has 0 spiro atoms. The van der Waals surface area contributed by atoms with E-state index in [-0.39, 0.29) is 16.2 Å². The quantitative estimate of drug-likeness (QED) is 0.317. The van der Waals surface area contributed by atoms with Crippen LogP contribution in [-0.2, 0) is 9.59 Å². The number of pyridine rings is 1. The second kappa shape index (κ2) is 8.65. The minimum absolute atomic E-state index is 0.0903. The highest BCUT2D eigenvalue weighted by Crippen LogP contribution is 2.44. The number of ether oxygens (including phenoxy) is 1. The number of ketones is 1. The Morgan fingerprint density at radius 1 is 1.12 bits per heavy atom. The molecule has 0 saturated carbocycles. The van der Waals surface area contributed by atoms with Crippen molar-refractivity contribution in [3.05, 3.63) is 93.2 Å². The van der Waals surface area contributed by atoms with Gasteiger partial charge in [-0.2, -0.15) is 0 Å². The SMILES string of the molecule is COc1ccc(Cl)c(/C(O)=C2\C(=O)C(=O)N(c3ccc(Cl)cc3C)C2c2cccnc2)c1. The Bertz CT molecular complexity index is 1260. The zero-order valence-electron chi connectivity index (χ0n) is 17.2. The molecule has 1 amide bonds. The average molecular weight is 469 g/mol. The predicted molar refractivity (Wildman–Crippen MR) is 123 cm³/mol. The Morgan fingerprint density at radius 2 is 1.91 bits per heavy atom. The number of benzene rings is 2. The second-order valence-corrected chi connectivity index (χ2v) is 8.08. The maximum absolute atomic E-state index is 13.2. The molecule has 2 aromatic carbocycles. The summed E-state index contributed by atoms with van der Waals surface area (Å²) in [7, 11) is 1.48. The number of carbonyl (C=O) groups is 2. The molecule has 1 unspecified atom stereocenters. The van der Waals surface area contributed by atoms with Crippen molar-refractivity contribution in [1.82, 2.24) is 4.98 Å². The summed E-state index contributed by atoms with van der Waals surface area (Å²) in [4.78, 5) is 31.9. The van der Waals surface area contributed by atoms with Gasteiger partial charge in [-0.25, -0.2) is 0 Å². The molecule has 32 heavy (non-hydrogen) atoms. The third kappa shape index (κ3) is 3.72. The molecular formula is C24H18Cl2N2O4. The van der Waals surface area contributed by atoms with Crippen molar-refractivity contribution in [1.29, 1.82) is 0 Å². The van der Waals surface area contributed by atoms with E-state index in [2.05, 4.69) is 4.98 Å². The number of methoxy groups -OCH3 is 1. The van der Waals surface area contributed by atoms with Crippen LogP contribution < -0.4 is 9.64 Å². The first kappa shape index (κ1) is 21.9. The summed E-state index contributed by atoms with van der Waals surface area (Å²) in [6.07, 6.45) is 3.14. The molecular weight excluding hydrogens is 451 g/mol. The minimum atomic E-state index is -0.911. The zero-order chi connectivity index (χ0) is 23.0. The van der Waals surface area contributed by atoms with Crippen LogP contribution in [0.5, 0.6) is 5.75 Å². The number of carbonyl (C=O) groups excluding carboxylic acids is 2. The summed E-state index contributed by atoms with van der Waals surface area (Å²) in [5.41, 5.74) is 1.86. The van der Waals surface area contributed by atoms with E-state index in [0.717, 1.165) is 0 Å². The number of aliphatic hydroxyl groups excluding tert-OH is 1. The van der Waals surface area contributed by atoms with Gasteiger partial charge in [0.15, 0.2) is 0 Å². The molecule has 162 valence electrons.